The van der Waals surface area contributed by atoms with E-state index in [1.54, 1.807) is 0 Å². The zero-order chi connectivity index (χ0) is 38.1. The molecule has 0 atom stereocenters. The molecule has 0 bridgehead atoms. The van der Waals surface area contributed by atoms with Gasteiger partial charge in [0.2, 0.25) is 0 Å². The summed E-state index contributed by atoms with van der Waals surface area (Å²) in [6, 6.07) is 67.5. The van der Waals surface area contributed by atoms with E-state index in [-0.39, 0.29) is 5.41 Å². The number of benzene rings is 9. The van der Waals surface area contributed by atoms with Gasteiger partial charge in [-0.15, -0.1) is 0 Å². The van der Waals surface area contributed by atoms with Crippen LogP contribution in [0.2, 0.25) is 0 Å². The van der Waals surface area contributed by atoms with E-state index < -0.39 is 0 Å². The maximum atomic E-state index is 4.98. The van der Waals surface area contributed by atoms with Crippen molar-refractivity contribution in [3.63, 3.8) is 0 Å². The molecule has 0 amide bonds. The highest BCUT2D eigenvalue weighted by Crippen LogP contribution is 2.50. The van der Waals surface area contributed by atoms with Crippen molar-refractivity contribution in [2.75, 3.05) is 0 Å². The van der Waals surface area contributed by atoms with Gasteiger partial charge < -0.3 is 0 Å². The summed E-state index contributed by atoms with van der Waals surface area (Å²) in [4.78, 5) is 14.8. The van der Waals surface area contributed by atoms with Gasteiger partial charge in [-0.25, -0.2) is 15.0 Å². The van der Waals surface area contributed by atoms with E-state index in [0.717, 1.165) is 22.3 Å². The quantitative estimate of drug-likeness (QED) is 0.166. The molecule has 11 rings (SSSR count). The molecule has 9 aromatic carbocycles. The van der Waals surface area contributed by atoms with Gasteiger partial charge in [0, 0.05) is 22.1 Å². The van der Waals surface area contributed by atoms with Gasteiger partial charge in [0.15, 0.2) is 17.5 Å². The molecule has 0 radical (unpaired) electrons. The number of aromatic nitrogens is 3. The first-order valence-electron chi connectivity index (χ1n) is 19.6. The summed E-state index contributed by atoms with van der Waals surface area (Å²) in [6.45, 7) is 4.68. The van der Waals surface area contributed by atoms with Crippen LogP contribution < -0.4 is 0 Å². The van der Waals surface area contributed by atoms with Crippen LogP contribution in [0.15, 0.2) is 188 Å². The Bertz CT molecular complexity index is 3130. The summed E-state index contributed by atoms with van der Waals surface area (Å²) in [6.07, 6.45) is 0. The largest absolute Gasteiger partial charge is 0.208 e. The van der Waals surface area contributed by atoms with Crippen molar-refractivity contribution >= 4 is 32.3 Å². The molecule has 57 heavy (non-hydrogen) atoms. The van der Waals surface area contributed by atoms with Crippen LogP contribution in [0.5, 0.6) is 0 Å². The van der Waals surface area contributed by atoms with Crippen LogP contribution in [-0.4, -0.2) is 15.0 Å². The first-order chi connectivity index (χ1) is 28.0. The Hall–Kier alpha value is -7.23. The maximum Gasteiger partial charge on any atom is 0.164 e. The van der Waals surface area contributed by atoms with Crippen molar-refractivity contribution in [2.45, 2.75) is 19.3 Å². The number of hydrogen-bond donors (Lipinski definition) is 0. The van der Waals surface area contributed by atoms with Gasteiger partial charge in [-0.05, 0) is 89.0 Å². The molecule has 0 unspecified atom stereocenters. The predicted molar refractivity (Wildman–Crippen MR) is 237 cm³/mol. The molecule has 1 heterocycles. The van der Waals surface area contributed by atoms with Gasteiger partial charge in [0.05, 0.1) is 0 Å². The van der Waals surface area contributed by atoms with Crippen molar-refractivity contribution in [2.24, 2.45) is 0 Å². The van der Waals surface area contributed by atoms with Crippen LogP contribution in [0.4, 0.5) is 0 Å². The average molecular weight is 728 g/mol. The first-order valence-corrected chi connectivity index (χ1v) is 19.6. The smallest absolute Gasteiger partial charge is 0.164 e. The van der Waals surface area contributed by atoms with Crippen LogP contribution in [0.25, 0.3) is 99.9 Å². The summed E-state index contributed by atoms with van der Waals surface area (Å²) in [5.74, 6) is 1.96. The van der Waals surface area contributed by atoms with E-state index in [4.69, 9.17) is 15.0 Å². The topological polar surface area (TPSA) is 38.7 Å². The summed E-state index contributed by atoms with van der Waals surface area (Å²) in [7, 11) is 0. The van der Waals surface area contributed by atoms with E-state index in [2.05, 4.69) is 141 Å². The van der Waals surface area contributed by atoms with Crippen LogP contribution in [-0.2, 0) is 5.41 Å². The number of fused-ring (bicyclic) bond motifs is 9. The molecule has 0 aliphatic heterocycles. The Kier molecular flexibility index (Phi) is 7.52. The molecule has 10 aromatic rings. The lowest BCUT2D eigenvalue weighted by Crippen LogP contribution is -2.14. The van der Waals surface area contributed by atoms with Crippen LogP contribution in [0, 0.1) is 0 Å². The van der Waals surface area contributed by atoms with Crippen molar-refractivity contribution in [3.8, 4) is 67.5 Å². The van der Waals surface area contributed by atoms with Crippen molar-refractivity contribution in [1.29, 1.82) is 0 Å². The highest BCUT2D eigenvalue weighted by atomic mass is 15.0. The van der Waals surface area contributed by atoms with Crippen LogP contribution in [0.3, 0.4) is 0 Å². The number of rotatable bonds is 5. The fraction of sp³-hybridized carbons (Fsp3) is 0.0556. The average Bonchev–Trinajstić information content (AvgIpc) is 3.51. The minimum absolute atomic E-state index is 0.0148. The normalized spacial score (nSPS) is 12.9. The minimum atomic E-state index is -0.0148. The van der Waals surface area contributed by atoms with E-state index in [9.17, 15) is 0 Å². The van der Waals surface area contributed by atoms with E-state index in [0.29, 0.717) is 17.5 Å². The molecule has 1 aliphatic carbocycles. The zero-order valence-electron chi connectivity index (χ0n) is 31.7. The lowest BCUT2D eigenvalue weighted by atomic mass is 9.82. The Balaban J connectivity index is 1.04. The molecule has 268 valence electrons. The standard InChI is InChI=1S/C54H37N3/c1-54(2)48-23-12-11-20-43(48)47-33-39(29-31-49(47)54)38-28-30-45-46(32-38)42-19-10-9-18-41(42)44-22-13-21-40(50(44)45)34-24-26-37(27-25-34)53-56-51(35-14-5-3-6-15-35)55-52(57-53)36-16-7-4-8-17-36/h3-33H,1-2H3. The van der Waals surface area contributed by atoms with Crippen molar-refractivity contribution in [3.05, 3.63) is 199 Å². The lowest BCUT2D eigenvalue weighted by molar-refractivity contribution is 0.660. The Morgan fingerprint density at radius 1 is 0.298 bits per heavy atom. The van der Waals surface area contributed by atoms with E-state index in [1.165, 1.54) is 71.3 Å². The van der Waals surface area contributed by atoms with Crippen molar-refractivity contribution in [1.82, 2.24) is 15.0 Å². The monoisotopic (exact) mass is 727 g/mol. The minimum Gasteiger partial charge on any atom is -0.208 e. The van der Waals surface area contributed by atoms with Gasteiger partial charge in [-0.2, -0.15) is 0 Å². The van der Waals surface area contributed by atoms with E-state index in [1.807, 2.05) is 60.7 Å². The molecular formula is C54H37N3. The Labute approximate surface area is 332 Å². The molecule has 0 fully saturated rings. The summed E-state index contributed by atoms with van der Waals surface area (Å²) >= 11 is 0. The third-order valence-corrected chi connectivity index (χ3v) is 11.9. The molecule has 1 aromatic heterocycles. The zero-order valence-corrected chi connectivity index (χ0v) is 31.7. The third kappa shape index (κ3) is 5.38. The SMILES string of the molecule is CC1(C)c2ccccc2-c2cc(-c3ccc4c(c3)c3ccccc3c3cccc(-c5ccc(-c6nc(-c7ccccc7)nc(-c7ccccc7)n6)cc5)c34)ccc21. The molecule has 3 heteroatoms. The van der Waals surface area contributed by atoms with Gasteiger partial charge in [0.1, 0.15) is 0 Å². The van der Waals surface area contributed by atoms with Crippen LogP contribution >= 0.6 is 0 Å². The fourth-order valence-corrected chi connectivity index (χ4v) is 9.06. The Morgan fingerprint density at radius 2 is 0.754 bits per heavy atom. The lowest BCUT2D eigenvalue weighted by Gasteiger charge is -2.21. The molecule has 3 nitrogen and oxygen atoms in total. The molecule has 0 N–H and O–H groups in total. The second-order valence-corrected chi connectivity index (χ2v) is 15.6. The van der Waals surface area contributed by atoms with Gasteiger partial charge in [0.25, 0.3) is 0 Å². The highest BCUT2D eigenvalue weighted by molar-refractivity contribution is 6.28. The second-order valence-electron chi connectivity index (χ2n) is 15.6. The number of nitrogens with zero attached hydrogens (tertiary/aromatic N) is 3. The van der Waals surface area contributed by atoms with Gasteiger partial charge >= 0.3 is 0 Å². The van der Waals surface area contributed by atoms with Gasteiger partial charge in [-0.3, -0.25) is 0 Å². The molecular weight excluding hydrogens is 691 g/mol. The van der Waals surface area contributed by atoms with Crippen LogP contribution in [0.1, 0.15) is 25.0 Å². The summed E-state index contributed by atoms with van der Waals surface area (Å²) in [5, 5.41) is 7.53. The summed E-state index contributed by atoms with van der Waals surface area (Å²) < 4.78 is 0. The first kappa shape index (κ1) is 33.1. The van der Waals surface area contributed by atoms with E-state index >= 15 is 0 Å². The predicted octanol–water partition coefficient (Wildman–Crippen LogP) is 14.0. The second kappa shape index (κ2) is 12.9. The van der Waals surface area contributed by atoms with Crippen molar-refractivity contribution < 1.29 is 0 Å². The fourth-order valence-electron chi connectivity index (χ4n) is 9.06. The third-order valence-electron chi connectivity index (χ3n) is 11.9. The summed E-state index contributed by atoms with van der Waals surface area (Å²) in [5.41, 5.74) is 13.1. The number of hydrogen-bond acceptors (Lipinski definition) is 3. The molecule has 0 saturated heterocycles. The maximum absolute atomic E-state index is 4.98. The van der Waals surface area contributed by atoms with Gasteiger partial charge in [-0.1, -0.05) is 190 Å². The molecule has 0 spiro atoms. The Morgan fingerprint density at radius 3 is 1.44 bits per heavy atom. The molecule has 1 aliphatic rings. The highest BCUT2D eigenvalue weighted by Gasteiger charge is 2.35. The molecule has 0 saturated carbocycles.